The zero-order chi connectivity index (χ0) is 18.5. The van der Waals surface area contributed by atoms with Crippen LogP contribution in [0, 0.1) is 10.1 Å². The molecule has 0 radical (unpaired) electrons. The monoisotopic (exact) mass is 375 g/mol. The highest BCUT2D eigenvalue weighted by Crippen LogP contribution is 2.31. The number of hydrogen-bond donors (Lipinski definition) is 0. The predicted molar refractivity (Wildman–Crippen MR) is 91.2 cm³/mol. The van der Waals surface area contributed by atoms with Crippen molar-refractivity contribution >= 4 is 23.0 Å². The van der Waals surface area contributed by atoms with Gasteiger partial charge >= 0.3 is 11.7 Å². The summed E-state index contributed by atoms with van der Waals surface area (Å²) in [5, 5.41) is 22.6. The average molecular weight is 375 g/mol. The maximum absolute atomic E-state index is 12.0. The van der Waals surface area contributed by atoms with Crippen molar-refractivity contribution in [2.45, 2.75) is 12.8 Å². The van der Waals surface area contributed by atoms with E-state index in [-0.39, 0.29) is 30.2 Å². The van der Waals surface area contributed by atoms with Gasteiger partial charge in [-0.05, 0) is 23.6 Å². The molecule has 0 saturated carbocycles. The lowest BCUT2D eigenvalue weighted by molar-refractivity contribution is -0.385. The molecule has 0 N–H and O–H groups in total. The minimum atomic E-state index is -0.645. The fourth-order valence-corrected chi connectivity index (χ4v) is 2.72. The number of ether oxygens (including phenoxy) is 2. The van der Waals surface area contributed by atoms with Crippen LogP contribution < -0.4 is 9.47 Å². The third-order valence-electron chi connectivity index (χ3n) is 3.36. The van der Waals surface area contributed by atoms with Crippen LogP contribution >= 0.6 is 11.3 Å². The third kappa shape index (κ3) is 4.03. The second-order valence-electron chi connectivity index (χ2n) is 5.08. The first kappa shape index (κ1) is 17.5. The average Bonchev–Trinajstić information content (AvgIpc) is 3.31. The number of esters is 1. The molecule has 134 valence electrons. The van der Waals surface area contributed by atoms with Gasteiger partial charge in [0, 0.05) is 17.4 Å². The number of thiophene rings is 1. The Morgan fingerprint density at radius 3 is 2.88 bits per heavy atom. The Morgan fingerprint density at radius 1 is 1.35 bits per heavy atom. The van der Waals surface area contributed by atoms with Gasteiger partial charge in [-0.2, -0.15) is 11.3 Å². The zero-order valence-corrected chi connectivity index (χ0v) is 14.4. The molecule has 3 aromatic rings. The van der Waals surface area contributed by atoms with E-state index in [0.29, 0.717) is 11.6 Å². The molecular weight excluding hydrogens is 362 g/mol. The van der Waals surface area contributed by atoms with Crippen molar-refractivity contribution in [1.82, 2.24) is 10.2 Å². The summed E-state index contributed by atoms with van der Waals surface area (Å²) in [6, 6.07) is 5.82. The van der Waals surface area contributed by atoms with Gasteiger partial charge in [0.2, 0.25) is 17.5 Å². The summed E-state index contributed by atoms with van der Waals surface area (Å²) < 4.78 is 15.5. The van der Waals surface area contributed by atoms with E-state index in [9.17, 15) is 14.9 Å². The fraction of sp³-hybridized carbons (Fsp3) is 0.188. The first-order chi connectivity index (χ1) is 12.6. The summed E-state index contributed by atoms with van der Waals surface area (Å²) in [5.41, 5.74) is 0.459. The molecule has 0 aliphatic heterocycles. The van der Waals surface area contributed by atoms with Gasteiger partial charge in [-0.3, -0.25) is 14.9 Å². The van der Waals surface area contributed by atoms with Crippen molar-refractivity contribution in [2.75, 3.05) is 7.11 Å². The molecule has 0 spiro atoms. The topological polar surface area (TPSA) is 118 Å². The molecule has 0 atom stereocenters. The summed E-state index contributed by atoms with van der Waals surface area (Å²) in [6.07, 6.45) is 0.106. The van der Waals surface area contributed by atoms with E-state index >= 15 is 0 Å². The van der Waals surface area contributed by atoms with Crippen molar-refractivity contribution in [3.8, 4) is 23.0 Å². The molecule has 0 saturated heterocycles. The van der Waals surface area contributed by atoms with Gasteiger partial charge < -0.3 is 13.9 Å². The number of nitro groups is 1. The molecule has 0 unspecified atom stereocenters. The molecule has 2 aromatic heterocycles. The molecule has 0 aliphatic carbocycles. The number of aromatic nitrogens is 2. The van der Waals surface area contributed by atoms with Crippen LogP contribution in [0.1, 0.15) is 12.3 Å². The predicted octanol–water partition coefficient (Wildman–Crippen LogP) is 3.25. The number of aryl methyl sites for hydroxylation is 1. The summed E-state index contributed by atoms with van der Waals surface area (Å²) in [7, 11) is 1.39. The second-order valence-corrected chi connectivity index (χ2v) is 5.86. The summed E-state index contributed by atoms with van der Waals surface area (Å²) in [5.74, 6) is 0.162. The largest absolute Gasteiger partial charge is 0.496 e. The minimum absolute atomic E-state index is 0.0611. The van der Waals surface area contributed by atoms with Crippen LogP contribution in [0.5, 0.6) is 11.5 Å². The van der Waals surface area contributed by atoms with Gasteiger partial charge in [0.25, 0.3) is 0 Å². The molecule has 3 rings (SSSR count). The van der Waals surface area contributed by atoms with Crippen LogP contribution in [0.15, 0.2) is 39.4 Å². The third-order valence-corrected chi connectivity index (χ3v) is 4.05. The highest BCUT2D eigenvalue weighted by molar-refractivity contribution is 7.08. The molecule has 1 aromatic carbocycles. The molecule has 0 amide bonds. The van der Waals surface area contributed by atoms with Gasteiger partial charge in [0.05, 0.1) is 24.5 Å². The Balaban J connectivity index is 1.62. The Hall–Kier alpha value is -3.27. The van der Waals surface area contributed by atoms with Crippen LogP contribution in [0.2, 0.25) is 0 Å². The van der Waals surface area contributed by atoms with Crippen molar-refractivity contribution in [3.63, 3.8) is 0 Å². The van der Waals surface area contributed by atoms with E-state index in [1.165, 1.54) is 36.6 Å². The lowest BCUT2D eigenvalue weighted by Crippen LogP contribution is -2.10. The SMILES string of the molecule is COc1ccc(OC(=O)CCc2nnc(-c3ccsc3)o2)c([N+](=O)[O-])c1. The number of benzene rings is 1. The molecule has 10 heteroatoms. The maximum atomic E-state index is 12.0. The van der Waals surface area contributed by atoms with Gasteiger partial charge in [-0.15, -0.1) is 10.2 Å². The van der Waals surface area contributed by atoms with Crippen LogP contribution in [-0.4, -0.2) is 28.2 Å². The standard InChI is InChI=1S/C16H13N3O6S/c1-23-11-2-3-13(12(8-11)19(21)22)24-15(20)5-4-14-17-18-16(25-14)10-6-7-26-9-10/h2-3,6-9H,4-5H2,1H3. The summed E-state index contributed by atoms with van der Waals surface area (Å²) in [6.45, 7) is 0. The first-order valence-electron chi connectivity index (χ1n) is 7.45. The highest BCUT2D eigenvalue weighted by Gasteiger charge is 2.20. The number of nitrogens with zero attached hydrogens (tertiary/aromatic N) is 3. The molecule has 2 heterocycles. The molecule has 0 aliphatic rings. The van der Waals surface area contributed by atoms with E-state index in [0.717, 1.165) is 5.56 Å². The van der Waals surface area contributed by atoms with Crippen LogP contribution in [0.3, 0.4) is 0 Å². The van der Waals surface area contributed by atoms with E-state index in [4.69, 9.17) is 13.9 Å². The second kappa shape index (κ2) is 7.74. The molecular formula is C16H13N3O6S. The molecule has 0 fully saturated rings. The Labute approximate surface area is 151 Å². The Kier molecular flexibility index (Phi) is 5.23. The van der Waals surface area contributed by atoms with Gasteiger partial charge in [-0.25, -0.2) is 0 Å². The van der Waals surface area contributed by atoms with Crippen LogP contribution in [0.4, 0.5) is 5.69 Å². The van der Waals surface area contributed by atoms with Gasteiger partial charge in [-0.1, -0.05) is 0 Å². The van der Waals surface area contributed by atoms with Crippen LogP contribution in [-0.2, 0) is 11.2 Å². The van der Waals surface area contributed by atoms with Crippen molar-refractivity contribution in [1.29, 1.82) is 0 Å². The number of methoxy groups -OCH3 is 1. The van der Waals surface area contributed by atoms with Crippen molar-refractivity contribution < 1.29 is 23.6 Å². The first-order valence-corrected chi connectivity index (χ1v) is 8.39. The highest BCUT2D eigenvalue weighted by atomic mass is 32.1. The summed E-state index contributed by atoms with van der Waals surface area (Å²) >= 11 is 1.50. The lowest BCUT2D eigenvalue weighted by Gasteiger charge is -2.06. The molecule has 26 heavy (non-hydrogen) atoms. The van der Waals surface area contributed by atoms with E-state index in [1.807, 2.05) is 16.8 Å². The van der Waals surface area contributed by atoms with Gasteiger partial charge in [0.15, 0.2) is 0 Å². The maximum Gasteiger partial charge on any atom is 0.315 e. The number of carbonyl (C=O) groups is 1. The zero-order valence-electron chi connectivity index (χ0n) is 13.6. The van der Waals surface area contributed by atoms with Gasteiger partial charge in [0.1, 0.15) is 5.75 Å². The number of rotatable bonds is 7. The molecule has 0 bridgehead atoms. The fourth-order valence-electron chi connectivity index (χ4n) is 2.09. The minimum Gasteiger partial charge on any atom is -0.496 e. The van der Waals surface area contributed by atoms with E-state index < -0.39 is 10.9 Å². The molecule has 9 nitrogen and oxygen atoms in total. The number of nitro benzene ring substituents is 1. The normalized spacial score (nSPS) is 10.5. The summed E-state index contributed by atoms with van der Waals surface area (Å²) in [4.78, 5) is 22.4. The lowest BCUT2D eigenvalue weighted by atomic mass is 10.2. The smallest absolute Gasteiger partial charge is 0.315 e. The quantitative estimate of drug-likeness (QED) is 0.267. The Bertz CT molecular complexity index is 922. The van der Waals surface area contributed by atoms with E-state index in [1.54, 1.807) is 0 Å². The van der Waals surface area contributed by atoms with Crippen molar-refractivity contribution in [2.24, 2.45) is 0 Å². The number of hydrogen-bond acceptors (Lipinski definition) is 9. The Morgan fingerprint density at radius 2 is 2.19 bits per heavy atom. The van der Waals surface area contributed by atoms with Crippen LogP contribution in [0.25, 0.3) is 11.5 Å². The number of carbonyl (C=O) groups excluding carboxylic acids is 1. The van der Waals surface area contributed by atoms with E-state index in [2.05, 4.69) is 10.2 Å². The van der Waals surface area contributed by atoms with Crippen molar-refractivity contribution in [3.05, 3.63) is 51.0 Å².